The Hall–Kier alpha value is 0.177. The van der Waals surface area contributed by atoms with Crippen LogP contribution < -0.4 is 4.98 Å². The summed E-state index contributed by atoms with van der Waals surface area (Å²) in [5.74, 6) is 0. The first-order valence-electron chi connectivity index (χ1n) is 4.50. The molecule has 1 aliphatic carbocycles. The third-order valence-electron chi connectivity index (χ3n) is 1.75. The standard InChI is InChI=1S/C11H16NSi/c1-11(2,3)12-13(4,5)10-8-6-7-9-10/h12H,1-5H3. The number of rotatable bonds is 2. The van der Waals surface area contributed by atoms with Gasteiger partial charge in [-0.15, -0.1) is 0 Å². The highest BCUT2D eigenvalue weighted by atomic mass is 28.3. The summed E-state index contributed by atoms with van der Waals surface area (Å²) in [5, 5.41) is 0. The summed E-state index contributed by atoms with van der Waals surface area (Å²) >= 11 is 0. The predicted octanol–water partition coefficient (Wildman–Crippen LogP) is 2.03. The zero-order chi connectivity index (χ0) is 10.1. The minimum atomic E-state index is -1.59. The van der Waals surface area contributed by atoms with E-state index in [4.69, 9.17) is 0 Å². The lowest BCUT2D eigenvalue weighted by atomic mass is 10.1. The van der Waals surface area contributed by atoms with Crippen molar-refractivity contribution < 1.29 is 0 Å². The zero-order valence-corrected chi connectivity index (χ0v) is 10.0. The van der Waals surface area contributed by atoms with Crippen molar-refractivity contribution in [2.45, 2.75) is 39.4 Å². The lowest BCUT2D eigenvalue weighted by Gasteiger charge is -2.36. The molecule has 0 bridgehead atoms. The van der Waals surface area contributed by atoms with Gasteiger partial charge in [-0.05, 0) is 52.0 Å². The van der Waals surface area contributed by atoms with Crippen molar-refractivity contribution in [3.05, 3.63) is 31.2 Å². The van der Waals surface area contributed by atoms with E-state index in [0.717, 1.165) is 5.54 Å². The number of nitrogens with one attached hydrogen (secondary N) is 1. The number of hydrogen-bond acceptors (Lipinski definition) is 1. The van der Waals surface area contributed by atoms with Gasteiger partial charge in [0.15, 0.2) is 0 Å². The fourth-order valence-corrected chi connectivity index (χ4v) is 4.28. The van der Waals surface area contributed by atoms with Crippen LogP contribution in [-0.2, 0) is 0 Å². The van der Waals surface area contributed by atoms with Crippen LogP contribution in [-0.4, -0.2) is 13.8 Å². The summed E-state index contributed by atoms with van der Waals surface area (Å²) in [6, 6.07) is 0. The molecule has 1 N–H and O–H groups in total. The van der Waals surface area contributed by atoms with Gasteiger partial charge in [0.25, 0.3) is 0 Å². The largest absolute Gasteiger partial charge is 0.332 e. The van der Waals surface area contributed by atoms with Crippen LogP contribution in [0, 0.1) is 31.2 Å². The lowest BCUT2D eigenvalue weighted by molar-refractivity contribution is 0.512. The topological polar surface area (TPSA) is 12.0 Å². The Morgan fingerprint density at radius 3 is 1.92 bits per heavy atom. The second kappa shape index (κ2) is 3.74. The maximum absolute atomic E-state index is 3.63. The van der Waals surface area contributed by atoms with Crippen molar-refractivity contribution in [2.75, 3.05) is 0 Å². The zero-order valence-electron chi connectivity index (χ0n) is 9.00. The molecule has 0 heterocycles. The van der Waals surface area contributed by atoms with Gasteiger partial charge in [-0.2, -0.15) is 0 Å². The van der Waals surface area contributed by atoms with E-state index in [0.29, 0.717) is 0 Å². The van der Waals surface area contributed by atoms with E-state index >= 15 is 0 Å². The van der Waals surface area contributed by atoms with E-state index in [-0.39, 0.29) is 5.54 Å². The van der Waals surface area contributed by atoms with Crippen LogP contribution in [0.2, 0.25) is 13.1 Å². The smallest absolute Gasteiger partial charge is 0.127 e. The molecule has 0 aliphatic heterocycles. The molecule has 1 fully saturated rings. The van der Waals surface area contributed by atoms with Gasteiger partial charge < -0.3 is 4.98 Å². The Morgan fingerprint density at radius 2 is 1.54 bits per heavy atom. The molecule has 1 saturated carbocycles. The highest BCUT2D eigenvalue weighted by Gasteiger charge is 2.38. The van der Waals surface area contributed by atoms with Crippen molar-refractivity contribution in [3.63, 3.8) is 0 Å². The van der Waals surface area contributed by atoms with Gasteiger partial charge in [-0.3, -0.25) is 0 Å². The van der Waals surface area contributed by atoms with E-state index in [1.807, 2.05) is 0 Å². The summed E-state index contributed by atoms with van der Waals surface area (Å²) < 4.78 is 0. The Balaban J connectivity index is 2.53. The minimum absolute atomic E-state index is 0.147. The molecule has 9 radical (unpaired) electrons. The average Bonchev–Trinajstić information content (AvgIpc) is 2.29. The Kier molecular flexibility index (Phi) is 3.23. The van der Waals surface area contributed by atoms with Crippen LogP contribution in [0.5, 0.6) is 0 Å². The lowest BCUT2D eigenvalue weighted by Crippen LogP contribution is -2.57. The molecule has 0 atom stereocenters. The molecule has 2 heteroatoms. The molecule has 0 amide bonds. The minimum Gasteiger partial charge on any atom is -0.332 e. The van der Waals surface area contributed by atoms with Gasteiger partial charge in [-0.25, -0.2) is 0 Å². The van der Waals surface area contributed by atoms with Crippen LogP contribution in [0.25, 0.3) is 0 Å². The summed E-state index contributed by atoms with van der Waals surface area (Å²) in [5.41, 5.74) is 1.27. The summed E-state index contributed by atoms with van der Waals surface area (Å²) in [6.45, 7) is 11.0. The van der Waals surface area contributed by atoms with E-state index in [9.17, 15) is 0 Å². The summed E-state index contributed by atoms with van der Waals surface area (Å²) in [6.07, 6.45) is 11.7. The molecule has 1 aliphatic rings. The fourth-order valence-electron chi connectivity index (χ4n) is 1.53. The van der Waals surface area contributed by atoms with Gasteiger partial charge in [-0.1, -0.05) is 13.1 Å². The Morgan fingerprint density at radius 1 is 1.08 bits per heavy atom. The molecule has 13 heavy (non-hydrogen) atoms. The van der Waals surface area contributed by atoms with E-state index in [2.05, 4.69) is 64.5 Å². The van der Waals surface area contributed by atoms with Gasteiger partial charge >= 0.3 is 0 Å². The van der Waals surface area contributed by atoms with Crippen molar-refractivity contribution in [1.82, 2.24) is 4.98 Å². The molecule has 0 aromatic heterocycles. The third kappa shape index (κ3) is 3.43. The molecular formula is C11H16NSi. The van der Waals surface area contributed by atoms with Crippen LogP contribution in [0.15, 0.2) is 0 Å². The van der Waals surface area contributed by atoms with Crippen molar-refractivity contribution in [2.24, 2.45) is 0 Å². The highest BCUT2D eigenvalue weighted by Crippen LogP contribution is 2.31. The molecule has 0 aromatic carbocycles. The quantitative estimate of drug-likeness (QED) is 0.657. The first-order chi connectivity index (χ1) is 5.81. The van der Waals surface area contributed by atoms with Crippen LogP contribution in [0.3, 0.4) is 0 Å². The Labute approximate surface area is 84.4 Å². The number of hydrogen-bond donors (Lipinski definition) is 1. The first-order valence-corrected chi connectivity index (χ1v) is 7.50. The molecule has 69 valence electrons. The summed E-state index contributed by atoms with van der Waals surface area (Å²) in [4.78, 5) is 3.63. The van der Waals surface area contributed by atoms with Crippen LogP contribution in [0.1, 0.15) is 20.8 Å². The SMILES string of the molecule is CC(C)(C)N[Si](C)(C)[C]1[C][C][C][C]1. The molecule has 0 aromatic rings. The van der Waals surface area contributed by atoms with E-state index in [1.165, 1.54) is 0 Å². The molecule has 1 rings (SSSR count). The first kappa shape index (κ1) is 11.3. The molecule has 0 spiro atoms. The van der Waals surface area contributed by atoms with Gasteiger partial charge in [0, 0.05) is 5.54 Å². The average molecular weight is 190 g/mol. The summed E-state index contributed by atoms with van der Waals surface area (Å²) in [7, 11) is -1.59. The molecule has 1 nitrogen and oxygen atoms in total. The van der Waals surface area contributed by atoms with Crippen LogP contribution >= 0.6 is 0 Å². The Bertz CT molecular complexity index is 163. The maximum Gasteiger partial charge on any atom is 0.127 e. The highest BCUT2D eigenvalue weighted by molar-refractivity contribution is 6.81. The van der Waals surface area contributed by atoms with Gasteiger partial charge in [0.1, 0.15) is 8.24 Å². The van der Waals surface area contributed by atoms with E-state index < -0.39 is 8.24 Å². The predicted molar refractivity (Wildman–Crippen MR) is 56.6 cm³/mol. The molecule has 0 unspecified atom stereocenters. The third-order valence-corrected chi connectivity index (χ3v) is 4.62. The molecular weight excluding hydrogens is 174 g/mol. The normalized spacial score (nSPS) is 21.0. The van der Waals surface area contributed by atoms with Crippen LogP contribution in [0.4, 0.5) is 0 Å². The van der Waals surface area contributed by atoms with Gasteiger partial charge in [0.05, 0.1) is 0 Å². The van der Waals surface area contributed by atoms with Crippen molar-refractivity contribution in [3.8, 4) is 0 Å². The fraction of sp³-hybridized carbons (Fsp3) is 0.545. The second-order valence-electron chi connectivity index (χ2n) is 4.88. The van der Waals surface area contributed by atoms with Crippen molar-refractivity contribution >= 4 is 8.24 Å². The monoisotopic (exact) mass is 190 g/mol. The maximum atomic E-state index is 3.63. The second-order valence-corrected chi connectivity index (χ2v) is 8.88. The van der Waals surface area contributed by atoms with Gasteiger partial charge in [0.2, 0.25) is 0 Å². The van der Waals surface area contributed by atoms with Crippen molar-refractivity contribution in [1.29, 1.82) is 0 Å². The molecule has 0 saturated heterocycles. The van der Waals surface area contributed by atoms with E-state index in [1.54, 1.807) is 0 Å².